The zero-order valence-electron chi connectivity index (χ0n) is 18.5. The lowest BCUT2D eigenvalue weighted by Gasteiger charge is -2.12. The van der Waals surface area contributed by atoms with Gasteiger partial charge in [-0.3, -0.25) is 14.9 Å². The number of hydrogen-bond donors (Lipinski definition) is 2. The maximum atomic E-state index is 12.4. The van der Waals surface area contributed by atoms with Crippen LogP contribution in [0.5, 0.6) is 11.5 Å². The van der Waals surface area contributed by atoms with Crippen molar-refractivity contribution in [2.75, 3.05) is 51.9 Å². The second-order valence-electron chi connectivity index (χ2n) is 6.59. The minimum atomic E-state index is -0.862. The SMILES string of the molecule is CCOc1ccc(OCCNC(=O)COC(=O)c2cc([N+](=O)[O-])ccc2NCCOC)cc1. The molecular weight excluding hydrogens is 434 g/mol. The van der Waals surface area contributed by atoms with Crippen molar-refractivity contribution in [3.05, 3.63) is 58.1 Å². The van der Waals surface area contributed by atoms with Crippen LogP contribution in [0.25, 0.3) is 0 Å². The molecule has 2 rings (SSSR count). The lowest BCUT2D eigenvalue weighted by molar-refractivity contribution is -0.384. The fraction of sp³-hybridized carbons (Fsp3) is 0.364. The number of carbonyl (C=O) groups excluding carboxylic acids is 2. The predicted molar refractivity (Wildman–Crippen MR) is 120 cm³/mol. The van der Waals surface area contributed by atoms with Gasteiger partial charge in [0.2, 0.25) is 0 Å². The molecule has 0 spiro atoms. The molecule has 0 aliphatic carbocycles. The zero-order chi connectivity index (χ0) is 24.1. The molecule has 11 nitrogen and oxygen atoms in total. The van der Waals surface area contributed by atoms with Crippen LogP contribution in [0.3, 0.4) is 0 Å². The Balaban J connectivity index is 1.81. The number of benzene rings is 2. The van der Waals surface area contributed by atoms with Crippen LogP contribution in [0.15, 0.2) is 42.5 Å². The summed E-state index contributed by atoms with van der Waals surface area (Å²) in [6.45, 7) is 3.09. The van der Waals surface area contributed by atoms with Crippen LogP contribution in [-0.4, -0.2) is 63.4 Å². The third-order valence-corrected chi connectivity index (χ3v) is 4.22. The Morgan fingerprint density at radius 2 is 1.70 bits per heavy atom. The first kappa shape index (κ1) is 25.4. The highest BCUT2D eigenvalue weighted by atomic mass is 16.6. The summed E-state index contributed by atoms with van der Waals surface area (Å²) in [4.78, 5) is 34.8. The third-order valence-electron chi connectivity index (χ3n) is 4.22. The second kappa shape index (κ2) is 13.5. The molecule has 0 bridgehead atoms. The molecule has 11 heteroatoms. The van der Waals surface area contributed by atoms with Gasteiger partial charge in [-0.15, -0.1) is 0 Å². The average molecular weight is 461 g/mol. The molecule has 0 aliphatic heterocycles. The summed E-state index contributed by atoms with van der Waals surface area (Å²) in [6, 6.07) is 10.8. The molecule has 33 heavy (non-hydrogen) atoms. The fourth-order valence-corrected chi connectivity index (χ4v) is 2.67. The lowest BCUT2D eigenvalue weighted by Crippen LogP contribution is -2.32. The van der Waals surface area contributed by atoms with Crippen LogP contribution in [0.1, 0.15) is 17.3 Å². The topological polar surface area (TPSA) is 138 Å². The Morgan fingerprint density at radius 3 is 2.33 bits per heavy atom. The monoisotopic (exact) mass is 461 g/mol. The highest BCUT2D eigenvalue weighted by Crippen LogP contribution is 2.23. The standard InChI is InChI=1S/C22H27N3O8/c1-3-31-17-5-7-18(8-6-17)32-13-11-24-21(26)15-33-22(27)19-14-16(25(28)29)4-9-20(19)23-10-12-30-2/h4-9,14,23H,3,10-13,15H2,1-2H3,(H,24,26). The zero-order valence-corrected chi connectivity index (χ0v) is 18.5. The third kappa shape index (κ3) is 8.65. The van der Waals surface area contributed by atoms with E-state index in [0.29, 0.717) is 31.2 Å². The van der Waals surface area contributed by atoms with Crippen LogP contribution in [0, 0.1) is 10.1 Å². The van der Waals surface area contributed by atoms with Crippen molar-refractivity contribution in [2.24, 2.45) is 0 Å². The van der Waals surface area contributed by atoms with Crippen molar-refractivity contribution < 1.29 is 33.5 Å². The lowest BCUT2D eigenvalue weighted by atomic mass is 10.1. The van der Waals surface area contributed by atoms with Gasteiger partial charge in [-0.05, 0) is 37.3 Å². The maximum Gasteiger partial charge on any atom is 0.341 e. The number of nitrogens with zero attached hydrogens (tertiary/aromatic N) is 1. The molecule has 0 fully saturated rings. The van der Waals surface area contributed by atoms with E-state index in [1.54, 1.807) is 24.3 Å². The number of nitro benzene ring substituents is 1. The van der Waals surface area contributed by atoms with Gasteiger partial charge in [0.15, 0.2) is 6.61 Å². The van der Waals surface area contributed by atoms with Crippen molar-refractivity contribution in [3.63, 3.8) is 0 Å². The van der Waals surface area contributed by atoms with Crippen molar-refractivity contribution in [1.29, 1.82) is 0 Å². The molecule has 0 radical (unpaired) electrons. The van der Waals surface area contributed by atoms with E-state index in [4.69, 9.17) is 18.9 Å². The molecule has 0 aliphatic rings. The molecule has 0 unspecified atom stereocenters. The van der Waals surface area contributed by atoms with Gasteiger partial charge < -0.3 is 29.6 Å². The van der Waals surface area contributed by atoms with Crippen LogP contribution in [0.4, 0.5) is 11.4 Å². The van der Waals surface area contributed by atoms with Gasteiger partial charge in [-0.2, -0.15) is 0 Å². The number of non-ortho nitro benzene ring substituents is 1. The summed E-state index contributed by atoms with van der Waals surface area (Å²) in [5.74, 6) is -0.0311. The normalized spacial score (nSPS) is 10.2. The number of nitrogens with one attached hydrogen (secondary N) is 2. The van der Waals surface area contributed by atoms with E-state index >= 15 is 0 Å². The smallest absolute Gasteiger partial charge is 0.341 e. The van der Waals surface area contributed by atoms with E-state index in [1.807, 2.05) is 6.92 Å². The quantitative estimate of drug-likeness (QED) is 0.188. The second-order valence-corrected chi connectivity index (χ2v) is 6.59. The largest absolute Gasteiger partial charge is 0.494 e. The molecule has 0 saturated carbocycles. The summed E-state index contributed by atoms with van der Waals surface area (Å²) in [5.41, 5.74) is 0.0221. The van der Waals surface area contributed by atoms with Gasteiger partial charge in [0.1, 0.15) is 18.1 Å². The number of hydrogen-bond acceptors (Lipinski definition) is 9. The predicted octanol–water partition coefficient (Wildman–Crippen LogP) is 2.40. The van der Waals surface area contributed by atoms with E-state index < -0.39 is 23.4 Å². The summed E-state index contributed by atoms with van der Waals surface area (Å²) >= 11 is 0. The maximum absolute atomic E-state index is 12.4. The summed E-state index contributed by atoms with van der Waals surface area (Å²) < 4.78 is 20.8. The number of methoxy groups -OCH3 is 1. The first-order valence-corrected chi connectivity index (χ1v) is 10.2. The molecule has 0 aromatic heterocycles. The Kier molecular flexibility index (Phi) is 10.4. The number of ether oxygens (including phenoxy) is 4. The molecule has 2 aromatic rings. The van der Waals surface area contributed by atoms with Gasteiger partial charge in [-0.25, -0.2) is 4.79 Å². The van der Waals surface area contributed by atoms with Crippen molar-refractivity contribution in [1.82, 2.24) is 5.32 Å². The average Bonchev–Trinajstić information content (AvgIpc) is 2.81. The Labute approximate surface area is 191 Å². The Bertz CT molecular complexity index is 934. The van der Waals surface area contributed by atoms with Gasteiger partial charge in [0.25, 0.3) is 11.6 Å². The molecule has 2 aromatic carbocycles. The fourth-order valence-electron chi connectivity index (χ4n) is 2.67. The van der Waals surface area contributed by atoms with Gasteiger partial charge in [0.05, 0.1) is 30.2 Å². The first-order valence-electron chi connectivity index (χ1n) is 10.2. The highest BCUT2D eigenvalue weighted by Gasteiger charge is 2.19. The minimum absolute atomic E-state index is 0.0491. The first-order chi connectivity index (χ1) is 15.9. The van der Waals surface area contributed by atoms with Crippen LogP contribution in [0.2, 0.25) is 0 Å². The number of anilines is 1. The minimum Gasteiger partial charge on any atom is -0.494 e. The number of esters is 1. The van der Waals surface area contributed by atoms with E-state index in [-0.39, 0.29) is 24.4 Å². The van der Waals surface area contributed by atoms with E-state index in [0.717, 1.165) is 11.8 Å². The van der Waals surface area contributed by atoms with Crippen LogP contribution >= 0.6 is 0 Å². The number of nitro groups is 1. The summed E-state index contributed by atoms with van der Waals surface area (Å²) in [6.07, 6.45) is 0. The molecule has 0 saturated heterocycles. The van der Waals surface area contributed by atoms with Crippen molar-refractivity contribution >= 4 is 23.3 Å². The molecular formula is C22H27N3O8. The van der Waals surface area contributed by atoms with E-state index in [2.05, 4.69) is 10.6 Å². The number of carbonyl (C=O) groups is 2. The number of amides is 1. The highest BCUT2D eigenvalue weighted by molar-refractivity contribution is 5.97. The summed E-state index contributed by atoms with van der Waals surface area (Å²) in [5, 5.41) is 16.6. The molecule has 0 atom stereocenters. The van der Waals surface area contributed by atoms with Gasteiger partial charge in [0, 0.05) is 31.5 Å². The van der Waals surface area contributed by atoms with Crippen molar-refractivity contribution in [3.8, 4) is 11.5 Å². The number of rotatable bonds is 14. The molecule has 0 heterocycles. The molecule has 1 amide bonds. The van der Waals surface area contributed by atoms with E-state index in [9.17, 15) is 19.7 Å². The Hall–Kier alpha value is -3.86. The van der Waals surface area contributed by atoms with Crippen LogP contribution < -0.4 is 20.1 Å². The summed E-state index contributed by atoms with van der Waals surface area (Å²) in [7, 11) is 1.52. The molecule has 2 N–H and O–H groups in total. The van der Waals surface area contributed by atoms with Crippen LogP contribution in [-0.2, 0) is 14.3 Å². The van der Waals surface area contributed by atoms with E-state index in [1.165, 1.54) is 19.2 Å². The van der Waals surface area contributed by atoms with Gasteiger partial charge in [-0.1, -0.05) is 0 Å². The van der Waals surface area contributed by atoms with Crippen molar-refractivity contribution in [2.45, 2.75) is 6.92 Å². The Morgan fingerprint density at radius 1 is 1.00 bits per heavy atom. The van der Waals surface area contributed by atoms with Gasteiger partial charge >= 0.3 is 5.97 Å². The molecule has 178 valence electrons.